The Morgan fingerprint density at radius 1 is 1.17 bits per heavy atom. The van der Waals surface area contributed by atoms with Crippen LogP contribution in [-0.2, 0) is 12.0 Å². The van der Waals surface area contributed by atoms with Gasteiger partial charge in [-0.1, -0.05) is 12.1 Å². The summed E-state index contributed by atoms with van der Waals surface area (Å²) in [6.45, 7) is 2.03. The van der Waals surface area contributed by atoms with Crippen LogP contribution in [0.3, 0.4) is 0 Å². The maximum atomic E-state index is 5.74. The average molecular weight is 258 g/mol. The highest BCUT2D eigenvalue weighted by Crippen LogP contribution is 2.47. The van der Waals surface area contributed by atoms with Crippen molar-refractivity contribution < 1.29 is 0 Å². The Hall–Kier alpha value is -1.32. The molecule has 1 aliphatic carbocycles. The second-order valence-corrected chi connectivity index (χ2v) is 5.92. The number of nitrogens with two attached hydrogens (primary N) is 1. The van der Waals surface area contributed by atoms with Gasteiger partial charge in [-0.2, -0.15) is 11.3 Å². The minimum absolute atomic E-state index is 0.365. The fourth-order valence-corrected chi connectivity index (χ4v) is 3.06. The van der Waals surface area contributed by atoms with Gasteiger partial charge in [0.15, 0.2) is 0 Å². The van der Waals surface area contributed by atoms with Crippen LogP contribution < -0.4 is 11.1 Å². The van der Waals surface area contributed by atoms with Gasteiger partial charge in [0.05, 0.1) is 0 Å². The SMILES string of the molecule is Nc1ccc(C2(CNCc3ccsc3)CC2)cc1. The van der Waals surface area contributed by atoms with Crippen LogP contribution in [0.25, 0.3) is 0 Å². The van der Waals surface area contributed by atoms with Gasteiger partial charge in [-0.05, 0) is 52.9 Å². The fraction of sp³-hybridized carbons (Fsp3) is 0.333. The van der Waals surface area contributed by atoms with Crippen LogP contribution in [0.15, 0.2) is 41.1 Å². The molecule has 0 aliphatic heterocycles. The summed E-state index contributed by atoms with van der Waals surface area (Å²) >= 11 is 1.76. The molecule has 1 heterocycles. The number of benzene rings is 1. The van der Waals surface area contributed by atoms with Crippen molar-refractivity contribution >= 4 is 17.0 Å². The molecule has 1 saturated carbocycles. The summed E-state index contributed by atoms with van der Waals surface area (Å²) in [4.78, 5) is 0. The minimum Gasteiger partial charge on any atom is -0.399 e. The molecule has 0 bridgehead atoms. The lowest BCUT2D eigenvalue weighted by Crippen LogP contribution is -2.26. The Bertz CT molecular complexity index is 498. The molecule has 1 fully saturated rings. The van der Waals surface area contributed by atoms with Gasteiger partial charge in [0, 0.05) is 24.2 Å². The van der Waals surface area contributed by atoms with Gasteiger partial charge >= 0.3 is 0 Å². The standard InChI is InChI=1S/C15H18N2S/c16-14-3-1-13(2-4-14)15(6-7-15)11-17-9-12-5-8-18-10-12/h1-5,8,10,17H,6-7,9,11,16H2. The quantitative estimate of drug-likeness (QED) is 0.809. The third-order valence-corrected chi connectivity index (χ3v) is 4.48. The first-order chi connectivity index (χ1) is 8.78. The van der Waals surface area contributed by atoms with Crippen LogP contribution in [0.5, 0.6) is 0 Å². The number of rotatable bonds is 5. The molecular weight excluding hydrogens is 240 g/mol. The Balaban J connectivity index is 1.60. The lowest BCUT2D eigenvalue weighted by atomic mass is 9.95. The van der Waals surface area contributed by atoms with Crippen LogP contribution in [0.1, 0.15) is 24.0 Å². The number of hydrogen-bond donors (Lipinski definition) is 2. The zero-order valence-electron chi connectivity index (χ0n) is 10.4. The molecule has 0 saturated heterocycles. The molecule has 2 aromatic rings. The zero-order chi connectivity index (χ0) is 12.4. The van der Waals surface area contributed by atoms with Crippen molar-refractivity contribution in [2.24, 2.45) is 0 Å². The van der Waals surface area contributed by atoms with Crippen LogP contribution in [0.4, 0.5) is 5.69 Å². The van der Waals surface area contributed by atoms with E-state index in [1.54, 1.807) is 11.3 Å². The van der Waals surface area contributed by atoms with Crippen molar-refractivity contribution in [1.29, 1.82) is 0 Å². The second-order valence-electron chi connectivity index (χ2n) is 5.14. The number of hydrogen-bond acceptors (Lipinski definition) is 3. The van der Waals surface area contributed by atoms with Gasteiger partial charge in [-0.25, -0.2) is 0 Å². The van der Waals surface area contributed by atoms with Crippen molar-refractivity contribution in [3.63, 3.8) is 0 Å². The lowest BCUT2D eigenvalue weighted by Gasteiger charge is -2.16. The summed E-state index contributed by atoms with van der Waals surface area (Å²) in [5.41, 5.74) is 9.76. The average Bonchev–Trinajstić information content (AvgIpc) is 2.98. The van der Waals surface area contributed by atoms with E-state index in [9.17, 15) is 0 Å². The molecule has 3 N–H and O–H groups in total. The molecule has 3 rings (SSSR count). The third-order valence-electron chi connectivity index (χ3n) is 3.75. The summed E-state index contributed by atoms with van der Waals surface area (Å²) in [7, 11) is 0. The first-order valence-corrected chi connectivity index (χ1v) is 7.31. The Kier molecular flexibility index (Phi) is 3.10. The Morgan fingerprint density at radius 3 is 2.56 bits per heavy atom. The van der Waals surface area contributed by atoms with Gasteiger partial charge < -0.3 is 11.1 Å². The van der Waals surface area contributed by atoms with E-state index in [1.165, 1.54) is 24.0 Å². The Labute approximate surface area is 112 Å². The lowest BCUT2D eigenvalue weighted by molar-refractivity contribution is 0.575. The molecule has 1 aromatic carbocycles. The largest absolute Gasteiger partial charge is 0.399 e. The number of nitrogen functional groups attached to an aromatic ring is 1. The highest BCUT2D eigenvalue weighted by molar-refractivity contribution is 7.07. The molecule has 2 nitrogen and oxygen atoms in total. The molecule has 0 spiro atoms. The van der Waals surface area contributed by atoms with Gasteiger partial charge in [-0.15, -0.1) is 0 Å². The van der Waals surface area contributed by atoms with E-state index in [-0.39, 0.29) is 0 Å². The smallest absolute Gasteiger partial charge is 0.0314 e. The van der Waals surface area contributed by atoms with E-state index in [1.807, 2.05) is 12.1 Å². The molecular formula is C15H18N2S. The molecule has 1 aliphatic rings. The summed E-state index contributed by atoms with van der Waals surface area (Å²) in [5.74, 6) is 0. The summed E-state index contributed by atoms with van der Waals surface area (Å²) in [5, 5.41) is 7.91. The van der Waals surface area contributed by atoms with Gasteiger partial charge in [0.1, 0.15) is 0 Å². The number of anilines is 1. The maximum absolute atomic E-state index is 5.74. The highest BCUT2D eigenvalue weighted by Gasteiger charge is 2.43. The zero-order valence-corrected chi connectivity index (χ0v) is 11.2. The van der Waals surface area contributed by atoms with E-state index >= 15 is 0 Å². The summed E-state index contributed by atoms with van der Waals surface area (Å²) in [6.07, 6.45) is 2.57. The molecule has 0 radical (unpaired) electrons. The van der Waals surface area contributed by atoms with Crippen molar-refractivity contribution in [3.8, 4) is 0 Å². The predicted molar refractivity (Wildman–Crippen MR) is 77.8 cm³/mol. The number of thiophene rings is 1. The molecule has 1 aromatic heterocycles. The fourth-order valence-electron chi connectivity index (χ4n) is 2.39. The summed E-state index contributed by atoms with van der Waals surface area (Å²) in [6, 6.07) is 10.5. The third kappa shape index (κ3) is 2.42. The van der Waals surface area contributed by atoms with E-state index < -0.39 is 0 Å². The van der Waals surface area contributed by atoms with Crippen LogP contribution >= 0.6 is 11.3 Å². The monoisotopic (exact) mass is 258 g/mol. The van der Waals surface area contributed by atoms with Crippen molar-refractivity contribution in [1.82, 2.24) is 5.32 Å². The van der Waals surface area contributed by atoms with Crippen molar-refractivity contribution in [2.75, 3.05) is 12.3 Å². The molecule has 0 amide bonds. The van der Waals surface area contributed by atoms with Crippen LogP contribution in [-0.4, -0.2) is 6.54 Å². The normalized spacial score (nSPS) is 16.7. The minimum atomic E-state index is 0.365. The van der Waals surface area contributed by atoms with Gasteiger partial charge in [0.25, 0.3) is 0 Å². The molecule has 18 heavy (non-hydrogen) atoms. The molecule has 0 unspecified atom stereocenters. The predicted octanol–water partition coefficient (Wildman–Crippen LogP) is 3.15. The highest BCUT2D eigenvalue weighted by atomic mass is 32.1. The van der Waals surface area contributed by atoms with E-state index in [2.05, 4.69) is 34.3 Å². The van der Waals surface area contributed by atoms with Crippen LogP contribution in [0.2, 0.25) is 0 Å². The van der Waals surface area contributed by atoms with E-state index in [4.69, 9.17) is 5.73 Å². The molecule has 3 heteroatoms. The maximum Gasteiger partial charge on any atom is 0.0314 e. The van der Waals surface area contributed by atoms with Crippen LogP contribution in [0, 0.1) is 0 Å². The molecule has 0 atom stereocenters. The van der Waals surface area contributed by atoms with E-state index in [0.717, 1.165) is 18.8 Å². The van der Waals surface area contributed by atoms with Crippen molar-refractivity contribution in [2.45, 2.75) is 24.8 Å². The first kappa shape index (κ1) is 11.8. The first-order valence-electron chi connectivity index (χ1n) is 6.36. The van der Waals surface area contributed by atoms with Crippen molar-refractivity contribution in [3.05, 3.63) is 52.2 Å². The van der Waals surface area contributed by atoms with Gasteiger partial charge in [-0.3, -0.25) is 0 Å². The second kappa shape index (κ2) is 4.75. The molecule has 94 valence electrons. The topological polar surface area (TPSA) is 38.0 Å². The van der Waals surface area contributed by atoms with Gasteiger partial charge in [0.2, 0.25) is 0 Å². The van der Waals surface area contributed by atoms with E-state index in [0.29, 0.717) is 5.41 Å². The Morgan fingerprint density at radius 2 is 1.94 bits per heavy atom. The summed E-state index contributed by atoms with van der Waals surface area (Å²) < 4.78 is 0. The number of nitrogens with one attached hydrogen (secondary N) is 1.